The van der Waals surface area contributed by atoms with Crippen molar-refractivity contribution in [2.24, 2.45) is 11.1 Å². The van der Waals surface area contributed by atoms with Crippen molar-refractivity contribution in [1.82, 2.24) is 9.80 Å². The fourth-order valence-corrected chi connectivity index (χ4v) is 2.66. The van der Waals surface area contributed by atoms with Crippen LogP contribution < -0.4 is 5.73 Å². The molecule has 0 bridgehead atoms. The standard InChI is InChI=1S/C13H25N3OS/c1-5-13(4,11(14)18)12(17)16-8-7-15(6-2)10(3)9-16/h10H,5-9H2,1-4H3,(H2,14,18). The molecule has 5 heteroatoms. The van der Waals surface area contributed by atoms with Crippen LogP contribution >= 0.6 is 12.2 Å². The molecule has 0 radical (unpaired) electrons. The lowest BCUT2D eigenvalue weighted by Crippen LogP contribution is -2.58. The zero-order chi connectivity index (χ0) is 13.9. The van der Waals surface area contributed by atoms with Gasteiger partial charge in [-0.2, -0.15) is 0 Å². The molecule has 1 amide bonds. The summed E-state index contributed by atoms with van der Waals surface area (Å²) in [5.74, 6) is 0.0834. The lowest BCUT2D eigenvalue weighted by molar-refractivity contribution is -0.140. The number of carbonyl (C=O) groups excluding carboxylic acids is 1. The first-order valence-electron chi connectivity index (χ1n) is 6.70. The molecule has 0 saturated carbocycles. The first-order valence-corrected chi connectivity index (χ1v) is 7.11. The summed E-state index contributed by atoms with van der Waals surface area (Å²) in [4.78, 5) is 17.2. The third-order valence-electron chi connectivity index (χ3n) is 4.18. The third-order valence-corrected chi connectivity index (χ3v) is 4.63. The summed E-state index contributed by atoms with van der Waals surface area (Å²) in [6.45, 7) is 11.6. The van der Waals surface area contributed by atoms with Gasteiger partial charge in [0.15, 0.2) is 0 Å². The molecule has 4 nitrogen and oxygen atoms in total. The maximum Gasteiger partial charge on any atom is 0.235 e. The maximum absolute atomic E-state index is 12.6. The van der Waals surface area contributed by atoms with Gasteiger partial charge in [-0.05, 0) is 26.8 Å². The maximum atomic E-state index is 12.6. The summed E-state index contributed by atoms with van der Waals surface area (Å²) >= 11 is 5.07. The molecule has 0 aromatic heterocycles. The number of hydrogen-bond acceptors (Lipinski definition) is 3. The zero-order valence-corrected chi connectivity index (χ0v) is 12.7. The Kier molecular flexibility index (Phi) is 5.10. The Bertz CT molecular complexity index is 334. The number of piperazine rings is 1. The summed E-state index contributed by atoms with van der Waals surface area (Å²) in [5, 5.41) is 0. The largest absolute Gasteiger partial charge is 0.392 e. The fourth-order valence-electron chi connectivity index (χ4n) is 2.43. The van der Waals surface area contributed by atoms with Gasteiger partial charge in [0.05, 0.1) is 10.4 Å². The van der Waals surface area contributed by atoms with Gasteiger partial charge in [0.1, 0.15) is 0 Å². The average molecular weight is 271 g/mol. The van der Waals surface area contributed by atoms with Gasteiger partial charge in [-0.25, -0.2) is 0 Å². The number of carbonyl (C=O) groups is 1. The van der Waals surface area contributed by atoms with Gasteiger partial charge in [0, 0.05) is 25.7 Å². The lowest BCUT2D eigenvalue weighted by Gasteiger charge is -2.42. The van der Waals surface area contributed by atoms with Crippen molar-refractivity contribution in [3.05, 3.63) is 0 Å². The summed E-state index contributed by atoms with van der Waals surface area (Å²) in [5.41, 5.74) is 5.06. The fraction of sp³-hybridized carbons (Fsp3) is 0.846. The monoisotopic (exact) mass is 271 g/mol. The van der Waals surface area contributed by atoms with Crippen LogP contribution in [0.2, 0.25) is 0 Å². The first kappa shape index (κ1) is 15.4. The van der Waals surface area contributed by atoms with E-state index in [0.29, 0.717) is 17.5 Å². The van der Waals surface area contributed by atoms with Crippen LogP contribution in [0.5, 0.6) is 0 Å². The first-order chi connectivity index (χ1) is 8.36. The van der Waals surface area contributed by atoms with Crippen molar-refractivity contribution in [2.75, 3.05) is 26.2 Å². The zero-order valence-electron chi connectivity index (χ0n) is 11.9. The molecule has 1 rings (SSSR count). The molecule has 1 fully saturated rings. The van der Waals surface area contributed by atoms with E-state index >= 15 is 0 Å². The van der Waals surface area contributed by atoms with Crippen LogP contribution in [-0.4, -0.2) is 52.9 Å². The van der Waals surface area contributed by atoms with Crippen LogP contribution in [0.25, 0.3) is 0 Å². The second-order valence-corrected chi connectivity index (χ2v) is 5.72. The molecule has 0 spiro atoms. The molecule has 0 aromatic carbocycles. The van der Waals surface area contributed by atoms with Crippen LogP contribution in [0.15, 0.2) is 0 Å². The minimum absolute atomic E-state index is 0.0834. The quantitative estimate of drug-likeness (QED) is 0.782. The van der Waals surface area contributed by atoms with Gasteiger partial charge in [0.2, 0.25) is 5.91 Å². The number of nitrogens with two attached hydrogens (primary N) is 1. The van der Waals surface area contributed by atoms with Crippen molar-refractivity contribution in [3.8, 4) is 0 Å². The second-order valence-electron chi connectivity index (χ2n) is 5.28. The molecular formula is C13H25N3OS. The molecule has 1 saturated heterocycles. The van der Waals surface area contributed by atoms with Gasteiger partial charge < -0.3 is 10.6 Å². The van der Waals surface area contributed by atoms with Crippen molar-refractivity contribution in [2.45, 2.75) is 40.2 Å². The summed E-state index contributed by atoms with van der Waals surface area (Å²) in [6.07, 6.45) is 0.656. The normalized spacial score (nSPS) is 24.7. The number of likely N-dealkylation sites (N-methyl/N-ethyl adjacent to an activating group) is 1. The average Bonchev–Trinajstić information content (AvgIpc) is 2.36. The highest BCUT2D eigenvalue weighted by Crippen LogP contribution is 2.26. The second kappa shape index (κ2) is 5.97. The Morgan fingerprint density at radius 1 is 1.44 bits per heavy atom. The van der Waals surface area contributed by atoms with E-state index in [1.54, 1.807) is 0 Å². The number of amides is 1. The Balaban J connectivity index is 2.77. The van der Waals surface area contributed by atoms with E-state index in [1.807, 2.05) is 18.7 Å². The third kappa shape index (κ3) is 2.83. The summed E-state index contributed by atoms with van der Waals surface area (Å²) in [6, 6.07) is 0.403. The lowest BCUT2D eigenvalue weighted by atomic mass is 9.85. The van der Waals surface area contributed by atoms with Crippen molar-refractivity contribution < 1.29 is 4.79 Å². The molecule has 0 aromatic rings. The van der Waals surface area contributed by atoms with E-state index in [0.717, 1.165) is 26.2 Å². The number of hydrogen-bond donors (Lipinski definition) is 1. The van der Waals surface area contributed by atoms with E-state index in [-0.39, 0.29) is 5.91 Å². The van der Waals surface area contributed by atoms with Gasteiger partial charge >= 0.3 is 0 Å². The number of rotatable bonds is 4. The molecule has 1 aliphatic rings. The minimum Gasteiger partial charge on any atom is -0.392 e. The van der Waals surface area contributed by atoms with Crippen molar-refractivity contribution in [3.63, 3.8) is 0 Å². The predicted molar refractivity (Wildman–Crippen MR) is 78.5 cm³/mol. The van der Waals surface area contributed by atoms with Gasteiger partial charge in [-0.15, -0.1) is 0 Å². The Labute approximate surface area is 115 Å². The van der Waals surface area contributed by atoms with E-state index in [4.69, 9.17) is 18.0 Å². The summed E-state index contributed by atoms with van der Waals surface area (Å²) < 4.78 is 0. The molecule has 2 unspecified atom stereocenters. The van der Waals surface area contributed by atoms with Crippen LogP contribution in [0.4, 0.5) is 0 Å². The Morgan fingerprint density at radius 3 is 2.44 bits per heavy atom. The molecule has 104 valence electrons. The van der Waals surface area contributed by atoms with E-state index in [9.17, 15) is 4.79 Å². The smallest absolute Gasteiger partial charge is 0.235 e. The topological polar surface area (TPSA) is 49.6 Å². The van der Waals surface area contributed by atoms with Crippen LogP contribution in [0.3, 0.4) is 0 Å². The van der Waals surface area contributed by atoms with Gasteiger partial charge in [-0.3, -0.25) is 9.69 Å². The van der Waals surface area contributed by atoms with E-state index < -0.39 is 5.41 Å². The highest BCUT2D eigenvalue weighted by atomic mass is 32.1. The molecule has 1 aliphatic heterocycles. The molecule has 1 heterocycles. The molecular weight excluding hydrogens is 246 g/mol. The van der Waals surface area contributed by atoms with Crippen molar-refractivity contribution >= 4 is 23.1 Å². The van der Waals surface area contributed by atoms with Crippen molar-refractivity contribution in [1.29, 1.82) is 0 Å². The van der Waals surface area contributed by atoms with Crippen LogP contribution in [0.1, 0.15) is 34.1 Å². The molecule has 0 aliphatic carbocycles. The highest BCUT2D eigenvalue weighted by Gasteiger charge is 2.39. The van der Waals surface area contributed by atoms with Gasteiger partial charge in [0.25, 0.3) is 0 Å². The molecule has 18 heavy (non-hydrogen) atoms. The van der Waals surface area contributed by atoms with Crippen LogP contribution in [-0.2, 0) is 4.79 Å². The summed E-state index contributed by atoms with van der Waals surface area (Å²) in [7, 11) is 0. The highest BCUT2D eigenvalue weighted by molar-refractivity contribution is 7.80. The van der Waals surface area contributed by atoms with Gasteiger partial charge in [-0.1, -0.05) is 26.1 Å². The minimum atomic E-state index is -0.691. The van der Waals surface area contributed by atoms with E-state index in [1.165, 1.54) is 0 Å². The number of thiocarbonyl (C=S) groups is 1. The van der Waals surface area contributed by atoms with E-state index in [2.05, 4.69) is 18.7 Å². The SMILES string of the molecule is CCN1CCN(C(=O)C(C)(CC)C(N)=S)CC1C. The number of nitrogens with zero attached hydrogens (tertiary/aromatic N) is 2. The Morgan fingerprint density at radius 2 is 2.06 bits per heavy atom. The molecule has 2 N–H and O–H groups in total. The van der Waals surface area contributed by atoms with Crippen LogP contribution in [0, 0.1) is 5.41 Å². The Hall–Kier alpha value is -0.680. The molecule has 2 atom stereocenters. The predicted octanol–water partition coefficient (Wildman–Crippen LogP) is 1.24.